The lowest BCUT2D eigenvalue weighted by molar-refractivity contribution is 0.108. The highest BCUT2D eigenvalue weighted by atomic mass is 127. The summed E-state index contributed by atoms with van der Waals surface area (Å²) in [5.41, 5.74) is 3.72. The zero-order chi connectivity index (χ0) is 20.6. The van der Waals surface area contributed by atoms with Gasteiger partial charge in [0.1, 0.15) is 6.54 Å². The lowest BCUT2D eigenvalue weighted by Crippen LogP contribution is -2.45. The Morgan fingerprint density at radius 2 is 2.03 bits per heavy atom. The van der Waals surface area contributed by atoms with Crippen molar-refractivity contribution in [3.63, 3.8) is 0 Å². The molecule has 1 aliphatic rings. The quantitative estimate of drug-likeness (QED) is 0.278. The van der Waals surface area contributed by atoms with E-state index < -0.39 is 6.10 Å². The number of nitrogens with zero attached hydrogens (tertiary/aromatic N) is 3. The number of aliphatic hydroxyl groups excluding tert-OH is 1. The summed E-state index contributed by atoms with van der Waals surface area (Å²) in [7, 11) is 0. The molecule has 0 saturated carbocycles. The van der Waals surface area contributed by atoms with Gasteiger partial charge in [-0.05, 0) is 30.4 Å². The van der Waals surface area contributed by atoms with E-state index in [1.165, 1.54) is 11.1 Å². The number of aromatic nitrogens is 1. The molecule has 0 radical (unpaired) electrons. The van der Waals surface area contributed by atoms with Gasteiger partial charge in [-0.2, -0.15) is 0 Å². The van der Waals surface area contributed by atoms with Crippen LogP contribution in [0.1, 0.15) is 49.3 Å². The van der Waals surface area contributed by atoms with Crippen LogP contribution >= 0.6 is 24.0 Å². The average molecular weight is 527 g/mol. The number of β-amino-alcohol motifs (C(OH)–C–C–N with tert-alkyl or cyclic N) is 1. The Bertz CT molecular complexity index is 808. The second-order valence-corrected chi connectivity index (χ2v) is 7.86. The molecule has 0 amide bonds. The molecule has 1 aliphatic heterocycles. The highest BCUT2D eigenvalue weighted by molar-refractivity contribution is 14.0. The van der Waals surface area contributed by atoms with Crippen LogP contribution in [0.15, 0.2) is 39.8 Å². The van der Waals surface area contributed by atoms with Crippen molar-refractivity contribution in [3.8, 4) is 0 Å². The number of guanidine groups is 1. The fourth-order valence-corrected chi connectivity index (χ4v) is 3.46. The van der Waals surface area contributed by atoms with Gasteiger partial charge >= 0.3 is 0 Å². The third-order valence-electron chi connectivity index (χ3n) is 5.09. The minimum Gasteiger partial charge on any atom is -0.390 e. The Morgan fingerprint density at radius 3 is 2.73 bits per heavy atom. The first-order valence-electron chi connectivity index (χ1n) is 10.5. The molecule has 3 rings (SSSR count). The van der Waals surface area contributed by atoms with Crippen molar-refractivity contribution in [3.05, 3.63) is 52.9 Å². The smallest absolute Gasteiger partial charge is 0.191 e. The lowest BCUT2D eigenvalue weighted by atomic mass is 10.00. The SMILES string of the molecule is CCNC(=NCc1cc(C(C)C)no1)NCC(O)CN1CCc2ccccc2C1.I. The molecule has 7 nitrogen and oxygen atoms in total. The summed E-state index contributed by atoms with van der Waals surface area (Å²) in [6.07, 6.45) is 0.567. The largest absolute Gasteiger partial charge is 0.390 e. The number of rotatable bonds is 8. The van der Waals surface area contributed by atoms with Gasteiger partial charge in [-0.25, -0.2) is 4.99 Å². The van der Waals surface area contributed by atoms with Crippen molar-refractivity contribution in [2.45, 2.75) is 52.3 Å². The van der Waals surface area contributed by atoms with E-state index in [-0.39, 0.29) is 24.0 Å². The van der Waals surface area contributed by atoms with Crippen LogP contribution < -0.4 is 10.6 Å². The number of aliphatic hydroxyl groups is 1. The molecule has 0 spiro atoms. The third kappa shape index (κ3) is 7.24. The number of halogens is 1. The first kappa shape index (κ1) is 24.6. The summed E-state index contributed by atoms with van der Waals surface area (Å²) in [5.74, 6) is 1.73. The van der Waals surface area contributed by atoms with E-state index in [9.17, 15) is 5.11 Å². The van der Waals surface area contributed by atoms with Gasteiger partial charge < -0.3 is 20.3 Å². The van der Waals surface area contributed by atoms with Crippen LogP contribution in [0.2, 0.25) is 0 Å². The molecular weight excluding hydrogens is 493 g/mol. The molecule has 0 saturated heterocycles. The zero-order valence-electron chi connectivity index (χ0n) is 18.1. The first-order valence-corrected chi connectivity index (χ1v) is 10.5. The van der Waals surface area contributed by atoms with E-state index in [0.717, 1.165) is 37.5 Å². The fraction of sp³-hybridized carbons (Fsp3) is 0.545. The van der Waals surface area contributed by atoms with Crippen molar-refractivity contribution < 1.29 is 9.63 Å². The predicted octanol–water partition coefficient (Wildman–Crippen LogP) is 2.89. The van der Waals surface area contributed by atoms with Crippen molar-refractivity contribution in [2.75, 3.05) is 26.2 Å². The van der Waals surface area contributed by atoms with Crippen molar-refractivity contribution in [1.82, 2.24) is 20.7 Å². The van der Waals surface area contributed by atoms with E-state index in [1.54, 1.807) is 0 Å². The third-order valence-corrected chi connectivity index (χ3v) is 5.09. The number of nitrogens with one attached hydrogen (secondary N) is 2. The molecule has 1 aromatic carbocycles. The van der Waals surface area contributed by atoms with Gasteiger partial charge in [0, 0.05) is 38.8 Å². The minimum absolute atomic E-state index is 0. The Labute approximate surface area is 196 Å². The Morgan fingerprint density at radius 1 is 1.27 bits per heavy atom. The molecule has 30 heavy (non-hydrogen) atoms. The van der Waals surface area contributed by atoms with E-state index in [1.807, 2.05) is 13.0 Å². The normalized spacial score (nSPS) is 15.4. The molecule has 0 fully saturated rings. The minimum atomic E-state index is -0.470. The molecular formula is C22H34IN5O2. The van der Waals surface area contributed by atoms with Gasteiger partial charge in [-0.15, -0.1) is 24.0 Å². The van der Waals surface area contributed by atoms with Crippen molar-refractivity contribution in [2.24, 2.45) is 4.99 Å². The maximum absolute atomic E-state index is 10.5. The van der Waals surface area contributed by atoms with Crippen LogP contribution in [0.4, 0.5) is 0 Å². The molecule has 0 bridgehead atoms. The van der Waals surface area contributed by atoms with E-state index in [0.29, 0.717) is 31.5 Å². The summed E-state index contributed by atoms with van der Waals surface area (Å²) in [6.45, 7) is 10.3. The molecule has 166 valence electrons. The van der Waals surface area contributed by atoms with Crippen LogP contribution in [0.3, 0.4) is 0 Å². The summed E-state index contributed by atoms with van der Waals surface area (Å²) < 4.78 is 5.34. The number of aliphatic imine (C=N–C) groups is 1. The van der Waals surface area contributed by atoms with Gasteiger partial charge in [0.05, 0.1) is 11.8 Å². The van der Waals surface area contributed by atoms with Crippen LogP contribution in [0.5, 0.6) is 0 Å². The first-order chi connectivity index (χ1) is 14.0. The van der Waals surface area contributed by atoms with Crippen molar-refractivity contribution in [1.29, 1.82) is 0 Å². The van der Waals surface area contributed by atoms with Crippen LogP contribution in [-0.2, 0) is 19.5 Å². The van der Waals surface area contributed by atoms with E-state index in [4.69, 9.17) is 4.52 Å². The summed E-state index contributed by atoms with van der Waals surface area (Å²) >= 11 is 0. The maximum atomic E-state index is 10.5. The van der Waals surface area contributed by atoms with E-state index in [2.05, 4.69) is 63.8 Å². The number of fused-ring (bicyclic) bond motifs is 1. The summed E-state index contributed by atoms with van der Waals surface area (Å²) in [4.78, 5) is 6.85. The maximum Gasteiger partial charge on any atom is 0.191 e. The highest BCUT2D eigenvalue weighted by Gasteiger charge is 2.18. The topological polar surface area (TPSA) is 85.9 Å². The lowest BCUT2D eigenvalue weighted by Gasteiger charge is -2.30. The molecule has 0 aliphatic carbocycles. The van der Waals surface area contributed by atoms with Gasteiger partial charge in [0.25, 0.3) is 0 Å². The molecule has 1 unspecified atom stereocenters. The summed E-state index contributed by atoms with van der Waals surface area (Å²) in [5, 5.41) is 21.0. The molecule has 8 heteroatoms. The van der Waals surface area contributed by atoms with Crippen molar-refractivity contribution >= 4 is 29.9 Å². The Hall–Kier alpha value is -1.65. The Balaban J connectivity index is 0.00000320. The number of hydrogen-bond donors (Lipinski definition) is 3. The molecule has 2 aromatic rings. The monoisotopic (exact) mass is 527 g/mol. The highest BCUT2D eigenvalue weighted by Crippen LogP contribution is 2.18. The molecule has 2 heterocycles. The molecule has 1 atom stereocenters. The molecule has 3 N–H and O–H groups in total. The van der Waals surface area contributed by atoms with Gasteiger partial charge in [-0.1, -0.05) is 43.3 Å². The fourth-order valence-electron chi connectivity index (χ4n) is 3.46. The number of benzene rings is 1. The van der Waals surface area contributed by atoms with Crippen LogP contribution in [0.25, 0.3) is 0 Å². The second-order valence-electron chi connectivity index (χ2n) is 7.86. The number of hydrogen-bond acceptors (Lipinski definition) is 5. The van der Waals surface area contributed by atoms with Crippen LogP contribution in [0, 0.1) is 0 Å². The summed E-state index contributed by atoms with van der Waals surface area (Å²) in [6, 6.07) is 10.5. The average Bonchev–Trinajstić information content (AvgIpc) is 3.19. The standard InChI is InChI=1S/C22H33N5O2.HI/c1-4-23-22(25-13-20-11-21(16(2)3)26-29-20)24-12-19(28)15-27-10-9-17-7-5-6-8-18(17)14-27;/h5-8,11,16,19,28H,4,9-10,12-15H2,1-3H3,(H2,23,24,25);1H. The molecule has 1 aromatic heterocycles. The Kier molecular flexibility index (Phi) is 10.1. The van der Waals surface area contributed by atoms with Gasteiger partial charge in [0.15, 0.2) is 11.7 Å². The second kappa shape index (κ2) is 12.3. The van der Waals surface area contributed by atoms with Gasteiger partial charge in [-0.3, -0.25) is 4.90 Å². The predicted molar refractivity (Wildman–Crippen MR) is 130 cm³/mol. The zero-order valence-corrected chi connectivity index (χ0v) is 20.4. The van der Waals surface area contributed by atoms with E-state index >= 15 is 0 Å². The van der Waals surface area contributed by atoms with Gasteiger partial charge in [0.2, 0.25) is 0 Å². The van der Waals surface area contributed by atoms with Crippen LogP contribution in [-0.4, -0.2) is 53.4 Å².